The molecule has 0 aromatic carbocycles. The summed E-state index contributed by atoms with van der Waals surface area (Å²) in [4.78, 5) is 16.9. The van der Waals surface area contributed by atoms with Gasteiger partial charge < -0.3 is 5.32 Å². The molecule has 0 bridgehead atoms. The van der Waals surface area contributed by atoms with Crippen molar-refractivity contribution >= 4 is 17.2 Å². The third kappa shape index (κ3) is 2.71. The van der Waals surface area contributed by atoms with Crippen molar-refractivity contribution in [3.05, 3.63) is 33.5 Å². The molecule has 0 aliphatic heterocycles. The highest BCUT2D eigenvalue weighted by Crippen LogP contribution is 2.16. The Morgan fingerprint density at radius 3 is 3.06 bits per heavy atom. The fourth-order valence-electron chi connectivity index (χ4n) is 1.52. The van der Waals surface area contributed by atoms with Gasteiger partial charge in [0, 0.05) is 4.88 Å². The Balaban J connectivity index is 1.97. The molecule has 0 saturated carbocycles. The van der Waals surface area contributed by atoms with Gasteiger partial charge >= 0.3 is 0 Å². The maximum absolute atomic E-state index is 11.7. The van der Waals surface area contributed by atoms with Crippen molar-refractivity contribution in [3.63, 3.8) is 0 Å². The summed E-state index contributed by atoms with van der Waals surface area (Å²) in [5, 5.41) is 11.3. The second-order valence-corrected chi connectivity index (χ2v) is 4.65. The third-order valence-corrected chi connectivity index (χ3v) is 3.39. The van der Waals surface area contributed by atoms with E-state index in [1.54, 1.807) is 18.3 Å². The van der Waals surface area contributed by atoms with Gasteiger partial charge in [0.1, 0.15) is 5.82 Å². The van der Waals surface area contributed by atoms with Crippen molar-refractivity contribution in [2.45, 2.75) is 26.8 Å². The van der Waals surface area contributed by atoms with Gasteiger partial charge in [0.15, 0.2) is 0 Å². The molecule has 17 heavy (non-hydrogen) atoms. The number of nitrogens with one attached hydrogen (secondary N) is 2. The Bertz CT molecular complexity index is 517. The number of rotatable bonds is 4. The molecular weight excluding hydrogens is 236 g/mol. The lowest BCUT2D eigenvalue weighted by atomic mass is 10.2. The standard InChI is InChI=1S/C11H14N4OS/c1-3-8-4-5-17-9(8)6-12-11(16)10-13-7(2)14-15-10/h4-5H,3,6H2,1-2H3,(H,12,16)(H,13,14,15). The van der Waals surface area contributed by atoms with Crippen LogP contribution in [0.15, 0.2) is 11.4 Å². The predicted octanol–water partition coefficient (Wildman–Crippen LogP) is 1.67. The summed E-state index contributed by atoms with van der Waals surface area (Å²) in [6, 6.07) is 2.09. The van der Waals surface area contributed by atoms with Gasteiger partial charge in [-0.05, 0) is 30.4 Å². The van der Waals surface area contributed by atoms with Gasteiger partial charge in [-0.3, -0.25) is 9.89 Å². The Morgan fingerprint density at radius 2 is 2.41 bits per heavy atom. The van der Waals surface area contributed by atoms with E-state index >= 15 is 0 Å². The van der Waals surface area contributed by atoms with E-state index in [1.165, 1.54) is 10.4 Å². The van der Waals surface area contributed by atoms with E-state index in [2.05, 4.69) is 33.5 Å². The van der Waals surface area contributed by atoms with Crippen LogP contribution < -0.4 is 5.32 Å². The fraction of sp³-hybridized carbons (Fsp3) is 0.364. The van der Waals surface area contributed by atoms with E-state index in [0.717, 1.165) is 6.42 Å². The number of hydrogen-bond donors (Lipinski definition) is 2. The van der Waals surface area contributed by atoms with Crippen LogP contribution in [0.2, 0.25) is 0 Å². The van der Waals surface area contributed by atoms with E-state index in [-0.39, 0.29) is 11.7 Å². The van der Waals surface area contributed by atoms with Gasteiger partial charge in [-0.15, -0.1) is 16.4 Å². The minimum atomic E-state index is -0.246. The molecule has 2 N–H and O–H groups in total. The molecule has 1 amide bonds. The zero-order valence-electron chi connectivity index (χ0n) is 9.78. The second kappa shape index (κ2) is 5.09. The van der Waals surface area contributed by atoms with Crippen molar-refractivity contribution < 1.29 is 4.79 Å². The zero-order chi connectivity index (χ0) is 12.3. The number of aromatic nitrogens is 3. The molecule has 0 atom stereocenters. The second-order valence-electron chi connectivity index (χ2n) is 3.65. The van der Waals surface area contributed by atoms with Crippen LogP contribution in [-0.2, 0) is 13.0 Å². The number of nitrogens with zero attached hydrogens (tertiary/aromatic N) is 2. The molecule has 5 nitrogen and oxygen atoms in total. The van der Waals surface area contributed by atoms with Crippen molar-refractivity contribution in [1.29, 1.82) is 0 Å². The van der Waals surface area contributed by atoms with Crippen LogP contribution >= 0.6 is 11.3 Å². The van der Waals surface area contributed by atoms with E-state index in [4.69, 9.17) is 0 Å². The first-order valence-corrected chi connectivity index (χ1v) is 6.31. The van der Waals surface area contributed by atoms with Gasteiger partial charge in [-0.2, -0.15) is 0 Å². The lowest BCUT2D eigenvalue weighted by Crippen LogP contribution is -2.24. The molecule has 2 heterocycles. The molecule has 6 heteroatoms. The molecule has 0 radical (unpaired) electrons. The highest BCUT2D eigenvalue weighted by molar-refractivity contribution is 7.10. The van der Waals surface area contributed by atoms with Gasteiger partial charge in [-0.25, -0.2) is 4.98 Å². The summed E-state index contributed by atoms with van der Waals surface area (Å²) < 4.78 is 0. The summed E-state index contributed by atoms with van der Waals surface area (Å²) in [5.41, 5.74) is 1.28. The number of thiophene rings is 1. The number of hydrogen-bond acceptors (Lipinski definition) is 4. The first-order chi connectivity index (χ1) is 8.20. The number of aryl methyl sites for hydroxylation is 2. The predicted molar refractivity (Wildman–Crippen MR) is 66.0 cm³/mol. The number of carbonyl (C=O) groups is 1. The van der Waals surface area contributed by atoms with Crippen molar-refractivity contribution in [2.24, 2.45) is 0 Å². The molecule has 0 aliphatic carbocycles. The fourth-order valence-corrected chi connectivity index (χ4v) is 2.44. The van der Waals surface area contributed by atoms with Crippen molar-refractivity contribution in [3.8, 4) is 0 Å². The number of aromatic amines is 1. The first kappa shape index (κ1) is 11.8. The number of carbonyl (C=O) groups excluding carboxylic acids is 1. The van der Waals surface area contributed by atoms with E-state index in [0.29, 0.717) is 12.4 Å². The smallest absolute Gasteiger partial charge is 0.291 e. The largest absolute Gasteiger partial charge is 0.344 e. The van der Waals surface area contributed by atoms with Crippen molar-refractivity contribution in [2.75, 3.05) is 0 Å². The molecule has 2 rings (SSSR count). The molecule has 0 unspecified atom stereocenters. The van der Waals surface area contributed by atoms with Crippen LogP contribution in [-0.4, -0.2) is 21.1 Å². The lowest BCUT2D eigenvalue weighted by Gasteiger charge is -2.02. The summed E-state index contributed by atoms with van der Waals surface area (Å²) >= 11 is 1.65. The van der Waals surface area contributed by atoms with E-state index in [1.807, 2.05) is 5.38 Å². The van der Waals surface area contributed by atoms with Crippen LogP contribution in [0.25, 0.3) is 0 Å². The third-order valence-electron chi connectivity index (χ3n) is 2.43. The quantitative estimate of drug-likeness (QED) is 0.867. The first-order valence-electron chi connectivity index (χ1n) is 5.43. The molecule has 90 valence electrons. The summed E-state index contributed by atoms with van der Waals surface area (Å²) in [7, 11) is 0. The molecule has 2 aromatic rings. The minimum absolute atomic E-state index is 0.192. The van der Waals surface area contributed by atoms with Gasteiger partial charge in [0.2, 0.25) is 5.82 Å². The zero-order valence-corrected chi connectivity index (χ0v) is 10.6. The molecule has 0 fully saturated rings. The average Bonchev–Trinajstić information content (AvgIpc) is 2.94. The monoisotopic (exact) mass is 250 g/mol. The normalized spacial score (nSPS) is 10.5. The Hall–Kier alpha value is -1.69. The van der Waals surface area contributed by atoms with Crippen LogP contribution in [0.4, 0.5) is 0 Å². The summed E-state index contributed by atoms with van der Waals surface area (Å²) in [5.74, 6) is 0.586. The SMILES string of the molecule is CCc1ccsc1CNC(=O)c1n[nH]c(C)n1. The lowest BCUT2D eigenvalue weighted by molar-refractivity contribution is 0.0941. The minimum Gasteiger partial charge on any atom is -0.344 e. The van der Waals surface area contributed by atoms with Crippen LogP contribution in [0.3, 0.4) is 0 Å². The average molecular weight is 250 g/mol. The molecular formula is C11H14N4OS. The topological polar surface area (TPSA) is 70.7 Å². The molecule has 0 saturated heterocycles. The van der Waals surface area contributed by atoms with Gasteiger partial charge in [-0.1, -0.05) is 6.92 Å². The number of amides is 1. The van der Waals surface area contributed by atoms with Gasteiger partial charge in [0.25, 0.3) is 5.91 Å². The molecule has 0 spiro atoms. The Kier molecular flexibility index (Phi) is 3.53. The van der Waals surface area contributed by atoms with Crippen LogP contribution in [0, 0.1) is 6.92 Å². The highest BCUT2D eigenvalue weighted by atomic mass is 32.1. The van der Waals surface area contributed by atoms with Crippen LogP contribution in [0.1, 0.15) is 33.8 Å². The maximum Gasteiger partial charge on any atom is 0.291 e. The Morgan fingerprint density at radius 1 is 1.59 bits per heavy atom. The highest BCUT2D eigenvalue weighted by Gasteiger charge is 2.11. The number of H-pyrrole nitrogens is 1. The van der Waals surface area contributed by atoms with E-state index in [9.17, 15) is 4.79 Å². The summed E-state index contributed by atoms with van der Waals surface area (Å²) in [6.45, 7) is 4.40. The maximum atomic E-state index is 11.7. The van der Waals surface area contributed by atoms with E-state index < -0.39 is 0 Å². The summed E-state index contributed by atoms with van der Waals surface area (Å²) in [6.07, 6.45) is 0.981. The van der Waals surface area contributed by atoms with Crippen LogP contribution in [0.5, 0.6) is 0 Å². The van der Waals surface area contributed by atoms with Gasteiger partial charge in [0.05, 0.1) is 6.54 Å². The Labute approximate surface area is 103 Å². The molecule has 0 aliphatic rings. The van der Waals surface area contributed by atoms with Crippen molar-refractivity contribution in [1.82, 2.24) is 20.5 Å². The molecule has 2 aromatic heterocycles.